The first kappa shape index (κ1) is 23.0. The third-order valence-corrected chi connectivity index (χ3v) is 7.44. The maximum absolute atomic E-state index is 13.4. The summed E-state index contributed by atoms with van der Waals surface area (Å²) in [7, 11) is -1.65. The van der Waals surface area contributed by atoms with Crippen LogP contribution in [0.4, 0.5) is 5.69 Å². The van der Waals surface area contributed by atoms with Crippen LogP contribution in [0.3, 0.4) is 0 Å². The van der Waals surface area contributed by atoms with Gasteiger partial charge in [0.2, 0.25) is 10.0 Å². The Morgan fingerprint density at radius 3 is 2.61 bits per heavy atom. The second kappa shape index (κ2) is 9.36. The van der Waals surface area contributed by atoms with Gasteiger partial charge in [-0.05, 0) is 54.8 Å². The lowest BCUT2D eigenvalue weighted by atomic mass is 10.1. The molecule has 0 aliphatic rings. The van der Waals surface area contributed by atoms with Gasteiger partial charge in [-0.15, -0.1) is 0 Å². The van der Waals surface area contributed by atoms with E-state index in [9.17, 15) is 13.2 Å². The number of benzene rings is 2. The molecule has 2 heterocycles. The van der Waals surface area contributed by atoms with E-state index in [0.717, 1.165) is 11.1 Å². The van der Waals surface area contributed by atoms with Crippen molar-refractivity contribution in [3.8, 4) is 11.4 Å². The standard InChI is InChI=1S/C24H26N4O3S2/c1-4-33(30,31)27-19-13-20(24(29)25-16(2)12-17-10-11-32-15-17)22-21(14-19)26-23(28(22)3)18-8-6-5-7-9-18/h5-11,13-16,27H,4,12H2,1-3H3,(H,25,29)/t16-/m0/s1. The predicted molar refractivity (Wildman–Crippen MR) is 134 cm³/mol. The summed E-state index contributed by atoms with van der Waals surface area (Å²) in [6.07, 6.45) is 0.710. The van der Waals surface area contributed by atoms with Crippen molar-refractivity contribution in [1.82, 2.24) is 14.9 Å². The Bertz CT molecular complexity index is 1380. The number of anilines is 1. The summed E-state index contributed by atoms with van der Waals surface area (Å²) >= 11 is 1.62. The smallest absolute Gasteiger partial charge is 0.253 e. The number of hydrogen-bond acceptors (Lipinski definition) is 5. The zero-order valence-corrected chi connectivity index (χ0v) is 20.3. The van der Waals surface area contributed by atoms with Gasteiger partial charge >= 0.3 is 0 Å². The minimum atomic E-state index is -3.51. The molecule has 0 bridgehead atoms. The molecule has 33 heavy (non-hydrogen) atoms. The van der Waals surface area contributed by atoms with E-state index in [1.165, 1.54) is 0 Å². The Balaban J connectivity index is 1.77. The Hall–Kier alpha value is -3.17. The zero-order valence-electron chi connectivity index (χ0n) is 18.7. The minimum absolute atomic E-state index is 0.0677. The van der Waals surface area contributed by atoms with Crippen LogP contribution in [0.2, 0.25) is 0 Å². The lowest BCUT2D eigenvalue weighted by Gasteiger charge is -2.15. The maximum Gasteiger partial charge on any atom is 0.253 e. The number of nitrogens with one attached hydrogen (secondary N) is 2. The van der Waals surface area contributed by atoms with Crippen LogP contribution in [0.1, 0.15) is 29.8 Å². The fourth-order valence-corrected chi connectivity index (χ4v) is 5.10. The Morgan fingerprint density at radius 2 is 1.94 bits per heavy atom. The number of rotatable bonds is 8. The van der Waals surface area contributed by atoms with Gasteiger partial charge in [-0.3, -0.25) is 9.52 Å². The van der Waals surface area contributed by atoms with Crippen molar-refractivity contribution in [1.29, 1.82) is 0 Å². The average Bonchev–Trinajstić information content (AvgIpc) is 3.41. The molecule has 0 spiro atoms. The molecule has 1 atom stereocenters. The monoisotopic (exact) mass is 482 g/mol. The molecule has 2 aromatic carbocycles. The summed E-state index contributed by atoms with van der Waals surface area (Å²) in [5, 5.41) is 7.13. The van der Waals surface area contributed by atoms with Crippen LogP contribution in [0.5, 0.6) is 0 Å². The zero-order chi connectivity index (χ0) is 23.6. The first-order chi connectivity index (χ1) is 15.8. The number of aryl methyl sites for hydroxylation is 1. The fourth-order valence-electron chi connectivity index (χ4n) is 3.80. The second-order valence-electron chi connectivity index (χ2n) is 7.97. The SMILES string of the molecule is CCS(=O)(=O)Nc1cc(C(=O)N[C@@H](C)Cc2ccsc2)c2c(c1)nc(-c1ccccc1)n2C. The Labute approximate surface area is 197 Å². The van der Waals surface area contributed by atoms with E-state index in [-0.39, 0.29) is 17.7 Å². The highest BCUT2D eigenvalue weighted by Crippen LogP contribution is 2.29. The number of amides is 1. The molecule has 1 amide bonds. The summed E-state index contributed by atoms with van der Waals surface area (Å²) in [5.74, 6) is 0.353. The van der Waals surface area contributed by atoms with Crippen molar-refractivity contribution < 1.29 is 13.2 Å². The van der Waals surface area contributed by atoms with Gasteiger partial charge in [0.25, 0.3) is 5.91 Å². The van der Waals surface area contributed by atoms with Gasteiger partial charge in [0.15, 0.2) is 0 Å². The third kappa shape index (κ3) is 5.09. The molecular weight excluding hydrogens is 456 g/mol. The largest absolute Gasteiger partial charge is 0.349 e. The number of carbonyl (C=O) groups excluding carboxylic acids is 1. The van der Waals surface area contributed by atoms with Crippen molar-refractivity contribution in [3.63, 3.8) is 0 Å². The van der Waals surface area contributed by atoms with Crippen LogP contribution < -0.4 is 10.0 Å². The third-order valence-electron chi connectivity index (χ3n) is 5.40. The van der Waals surface area contributed by atoms with Gasteiger partial charge in [0.05, 0.1) is 28.0 Å². The summed E-state index contributed by atoms with van der Waals surface area (Å²) in [6, 6.07) is 14.9. The van der Waals surface area contributed by atoms with Crippen LogP contribution in [-0.4, -0.2) is 35.7 Å². The van der Waals surface area contributed by atoms with Gasteiger partial charge in [-0.25, -0.2) is 13.4 Å². The van der Waals surface area contributed by atoms with Crippen molar-refractivity contribution in [3.05, 3.63) is 70.4 Å². The quantitative estimate of drug-likeness (QED) is 0.389. The van der Waals surface area contributed by atoms with E-state index in [4.69, 9.17) is 4.98 Å². The first-order valence-electron chi connectivity index (χ1n) is 10.7. The molecule has 4 aromatic rings. The average molecular weight is 483 g/mol. The van der Waals surface area contributed by atoms with E-state index in [0.29, 0.717) is 34.5 Å². The maximum atomic E-state index is 13.4. The number of fused-ring (bicyclic) bond motifs is 1. The van der Waals surface area contributed by atoms with E-state index in [2.05, 4.69) is 15.4 Å². The number of imidazole rings is 1. The molecule has 172 valence electrons. The van der Waals surface area contributed by atoms with Gasteiger partial charge in [-0.1, -0.05) is 30.3 Å². The van der Waals surface area contributed by atoms with Crippen molar-refractivity contribution in [2.75, 3.05) is 10.5 Å². The molecule has 7 nitrogen and oxygen atoms in total. The number of nitrogens with zero attached hydrogens (tertiary/aromatic N) is 2. The van der Waals surface area contributed by atoms with E-state index < -0.39 is 10.0 Å². The molecule has 0 aliphatic heterocycles. The lowest BCUT2D eigenvalue weighted by Crippen LogP contribution is -2.34. The van der Waals surface area contributed by atoms with E-state index in [1.807, 2.05) is 60.3 Å². The number of hydrogen-bond donors (Lipinski definition) is 2. The molecule has 0 fully saturated rings. The van der Waals surface area contributed by atoms with Crippen LogP contribution in [-0.2, 0) is 23.5 Å². The second-order valence-corrected chi connectivity index (χ2v) is 10.8. The Morgan fingerprint density at radius 1 is 1.18 bits per heavy atom. The van der Waals surface area contributed by atoms with Crippen molar-refractivity contribution in [2.24, 2.45) is 7.05 Å². The van der Waals surface area contributed by atoms with Gasteiger partial charge in [-0.2, -0.15) is 11.3 Å². The summed E-state index contributed by atoms with van der Waals surface area (Å²) < 4.78 is 28.8. The van der Waals surface area contributed by atoms with Gasteiger partial charge in [0.1, 0.15) is 5.82 Å². The molecule has 4 rings (SSSR count). The summed E-state index contributed by atoms with van der Waals surface area (Å²) in [6.45, 7) is 3.52. The topological polar surface area (TPSA) is 93.1 Å². The molecule has 0 saturated heterocycles. The van der Waals surface area contributed by atoms with Gasteiger partial charge < -0.3 is 9.88 Å². The highest BCUT2D eigenvalue weighted by Gasteiger charge is 2.21. The van der Waals surface area contributed by atoms with Crippen molar-refractivity contribution in [2.45, 2.75) is 26.3 Å². The molecule has 9 heteroatoms. The lowest BCUT2D eigenvalue weighted by molar-refractivity contribution is 0.0941. The van der Waals surface area contributed by atoms with Crippen LogP contribution in [0, 0.1) is 0 Å². The Kier molecular flexibility index (Phi) is 6.53. The molecule has 0 saturated carbocycles. The number of sulfonamides is 1. The summed E-state index contributed by atoms with van der Waals surface area (Å²) in [4.78, 5) is 18.1. The van der Waals surface area contributed by atoms with Crippen LogP contribution >= 0.6 is 11.3 Å². The van der Waals surface area contributed by atoms with Crippen LogP contribution in [0.25, 0.3) is 22.4 Å². The van der Waals surface area contributed by atoms with Crippen molar-refractivity contribution >= 4 is 44.0 Å². The number of carbonyl (C=O) groups is 1. The molecule has 0 unspecified atom stereocenters. The first-order valence-corrected chi connectivity index (χ1v) is 13.2. The van der Waals surface area contributed by atoms with Crippen LogP contribution in [0.15, 0.2) is 59.3 Å². The molecule has 0 aliphatic carbocycles. The molecule has 2 N–H and O–H groups in total. The fraction of sp³-hybridized carbons (Fsp3) is 0.250. The normalized spacial score (nSPS) is 12.6. The molecule has 0 radical (unpaired) electrons. The number of aromatic nitrogens is 2. The van der Waals surface area contributed by atoms with E-state index in [1.54, 1.807) is 30.4 Å². The molecule has 2 aromatic heterocycles. The predicted octanol–water partition coefficient (Wildman–Crippen LogP) is 4.42. The highest BCUT2D eigenvalue weighted by molar-refractivity contribution is 7.92. The minimum Gasteiger partial charge on any atom is -0.349 e. The summed E-state index contributed by atoms with van der Waals surface area (Å²) in [5.41, 5.74) is 3.95. The highest BCUT2D eigenvalue weighted by atomic mass is 32.2. The molecular formula is C24H26N4O3S2. The van der Waals surface area contributed by atoms with E-state index >= 15 is 0 Å². The number of thiophene rings is 1. The van der Waals surface area contributed by atoms with Gasteiger partial charge in [0, 0.05) is 18.7 Å².